The van der Waals surface area contributed by atoms with E-state index in [1.807, 2.05) is 6.08 Å². The number of hydrogen-bond donors (Lipinski definition) is 2. The number of carbonyl (C=O) groups excluding carboxylic acids is 1. The summed E-state index contributed by atoms with van der Waals surface area (Å²) in [6.07, 6.45) is 9.63. The molecule has 4 aliphatic rings. The Morgan fingerprint density at radius 2 is 2.09 bits per heavy atom. The number of aliphatic hydroxyl groups is 1. The second kappa shape index (κ2) is 5.17. The average molecular weight is 303 g/mol. The van der Waals surface area contributed by atoms with Gasteiger partial charge in [-0.2, -0.15) is 0 Å². The van der Waals surface area contributed by atoms with E-state index < -0.39 is 0 Å². The maximum Gasteiger partial charge on any atom is 0.155 e. The highest BCUT2D eigenvalue weighted by molar-refractivity contribution is 5.91. The Hall–Kier alpha value is -0.670. The summed E-state index contributed by atoms with van der Waals surface area (Å²) in [5.74, 6) is 3.20. The molecule has 0 aromatic rings. The van der Waals surface area contributed by atoms with Gasteiger partial charge in [-0.15, -0.1) is 0 Å². The molecule has 0 aromatic carbocycles. The van der Waals surface area contributed by atoms with Crippen LogP contribution >= 0.6 is 0 Å². The van der Waals surface area contributed by atoms with Gasteiger partial charge in [-0.25, -0.2) is 0 Å². The van der Waals surface area contributed by atoms with E-state index in [2.05, 4.69) is 6.92 Å². The molecule has 0 aliphatic heterocycles. The van der Waals surface area contributed by atoms with E-state index in [1.165, 1.54) is 31.3 Å². The Kier molecular flexibility index (Phi) is 3.50. The van der Waals surface area contributed by atoms with Crippen molar-refractivity contribution < 1.29 is 9.90 Å². The van der Waals surface area contributed by atoms with Crippen LogP contribution in [0.5, 0.6) is 0 Å². The minimum atomic E-state index is 0.203. The van der Waals surface area contributed by atoms with Gasteiger partial charge in [0.2, 0.25) is 0 Å². The molecule has 3 nitrogen and oxygen atoms in total. The van der Waals surface area contributed by atoms with Gasteiger partial charge in [-0.3, -0.25) is 4.79 Å². The molecule has 0 amide bonds. The molecular weight excluding hydrogens is 274 g/mol. The Balaban J connectivity index is 1.68. The Morgan fingerprint density at radius 3 is 2.86 bits per heavy atom. The van der Waals surface area contributed by atoms with Gasteiger partial charge in [-0.1, -0.05) is 12.5 Å². The molecule has 3 N–H and O–H groups in total. The van der Waals surface area contributed by atoms with Crippen LogP contribution in [0.3, 0.4) is 0 Å². The number of rotatable bonds is 1. The first kappa shape index (κ1) is 14.9. The molecule has 122 valence electrons. The number of aliphatic hydroxyl groups excluding tert-OH is 1. The minimum Gasteiger partial charge on any atom is -0.396 e. The van der Waals surface area contributed by atoms with Crippen molar-refractivity contribution in [2.75, 3.05) is 6.61 Å². The number of ketones is 1. The number of carbonyl (C=O) groups is 1. The lowest BCUT2D eigenvalue weighted by Crippen LogP contribution is -2.51. The van der Waals surface area contributed by atoms with Crippen LogP contribution < -0.4 is 5.73 Å². The van der Waals surface area contributed by atoms with Crippen LogP contribution in [0.2, 0.25) is 0 Å². The molecule has 0 bridgehead atoms. The van der Waals surface area contributed by atoms with Gasteiger partial charge in [0.1, 0.15) is 0 Å². The molecule has 4 rings (SSSR count). The summed E-state index contributed by atoms with van der Waals surface area (Å²) in [6, 6.07) is 0.357. The summed E-state index contributed by atoms with van der Waals surface area (Å²) in [7, 11) is 0. The Bertz CT molecular complexity index is 514. The molecule has 4 aliphatic carbocycles. The zero-order valence-corrected chi connectivity index (χ0v) is 13.6. The molecule has 3 heteroatoms. The van der Waals surface area contributed by atoms with Crippen molar-refractivity contribution in [3.63, 3.8) is 0 Å². The molecule has 7 atom stereocenters. The molecule has 4 unspecified atom stereocenters. The van der Waals surface area contributed by atoms with Crippen LogP contribution in [0.25, 0.3) is 0 Å². The Labute approximate surface area is 133 Å². The molecule has 3 saturated carbocycles. The first-order valence-electron chi connectivity index (χ1n) is 9.15. The lowest BCUT2D eigenvalue weighted by Gasteiger charge is -2.55. The molecule has 0 heterocycles. The largest absolute Gasteiger partial charge is 0.396 e. The predicted octanol–water partition coefficient (Wildman–Crippen LogP) is 2.67. The smallest absolute Gasteiger partial charge is 0.155 e. The van der Waals surface area contributed by atoms with Crippen LogP contribution in [0.4, 0.5) is 0 Å². The summed E-state index contributed by atoms with van der Waals surface area (Å²) in [5.41, 5.74) is 8.05. The zero-order chi connectivity index (χ0) is 15.5. The lowest BCUT2D eigenvalue weighted by molar-refractivity contribution is -0.116. The molecular formula is C19H29NO2. The fourth-order valence-electron chi connectivity index (χ4n) is 6.55. The highest BCUT2D eigenvalue weighted by atomic mass is 16.3. The lowest BCUT2D eigenvalue weighted by atomic mass is 9.50. The van der Waals surface area contributed by atoms with Gasteiger partial charge >= 0.3 is 0 Å². The van der Waals surface area contributed by atoms with Crippen molar-refractivity contribution in [3.05, 3.63) is 11.6 Å². The second-order valence-electron chi connectivity index (χ2n) is 8.53. The first-order valence-corrected chi connectivity index (χ1v) is 9.15. The van der Waals surface area contributed by atoms with E-state index >= 15 is 0 Å². The van der Waals surface area contributed by atoms with Crippen molar-refractivity contribution in [2.45, 2.75) is 57.9 Å². The van der Waals surface area contributed by atoms with Crippen LogP contribution in [0.15, 0.2) is 11.6 Å². The highest BCUT2D eigenvalue weighted by Gasteiger charge is 2.56. The van der Waals surface area contributed by atoms with Gasteiger partial charge in [0, 0.05) is 25.0 Å². The maximum absolute atomic E-state index is 11.8. The van der Waals surface area contributed by atoms with Gasteiger partial charge in [-0.05, 0) is 73.7 Å². The first-order chi connectivity index (χ1) is 10.5. The summed E-state index contributed by atoms with van der Waals surface area (Å²) >= 11 is 0. The van der Waals surface area contributed by atoms with Gasteiger partial charge in [0.05, 0.1) is 0 Å². The van der Waals surface area contributed by atoms with Crippen LogP contribution in [-0.2, 0) is 4.79 Å². The molecule has 0 aromatic heterocycles. The molecule has 0 saturated heterocycles. The molecule has 0 radical (unpaired) electrons. The zero-order valence-electron chi connectivity index (χ0n) is 13.6. The Morgan fingerprint density at radius 1 is 1.27 bits per heavy atom. The van der Waals surface area contributed by atoms with Gasteiger partial charge in [0.15, 0.2) is 5.78 Å². The summed E-state index contributed by atoms with van der Waals surface area (Å²) in [5, 5.41) is 9.89. The molecule has 22 heavy (non-hydrogen) atoms. The van der Waals surface area contributed by atoms with Gasteiger partial charge < -0.3 is 10.8 Å². The fraction of sp³-hybridized carbons (Fsp3) is 0.842. The fourth-order valence-corrected chi connectivity index (χ4v) is 6.55. The van der Waals surface area contributed by atoms with Crippen molar-refractivity contribution in [1.82, 2.24) is 0 Å². The van der Waals surface area contributed by atoms with E-state index in [9.17, 15) is 9.90 Å². The van der Waals surface area contributed by atoms with Crippen LogP contribution in [0, 0.1) is 35.0 Å². The third-order valence-corrected chi connectivity index (χ3v) is 7.79. The van der Waals surface area contributed by atoms with E-state index in [0.29, 0.717) is 29.7 Å². The monoisotopic (exact) mass is 303 g/mol. The number of nitrogens with two attached hydrogens (primary N) is 1. The van der Waals surface area contributed by atoms with Crippen LogP contribution in [0.1, 0.15) is 51.9 Å². The molecule has 0 spiro atoms. The van der Waals surface area contributed by atoms with Crippen molar-refractivity contribution in [2.24, 2.45) is 40.7 Å². The third kappa shape index (κ3) is 1.98. The predicted molar refractivity (Wildman–Crippen MR) is 86.0 cm³/mol. The third-order valence-electron chi connectivity index (χ3n) is 7.79. The van der Waals surface area contributed by atoms with E-state index in [4.69, 9.17) is 5.73 Å². The standard InChI is InChI=1S/C19H29NO2/c1-19-7-6-14-13-3-2-12(22)9-15(13)11(10-21)8-16(14)17(19)4-5-18(19)20/h9,11,13-14,16-18,21H,2-8,10,20H2,1H3/t11-,13?,14?,16?,17?,18-,19-/m0/s1. The van der Waals surface area contributed by atoms with Gasteiger partial charge in [0.25, 0.3) is 0 Å². The minimum absolute atomic E-state index is 0.203. The SMILES string of the molecule is C[C@]12CCC3C4CCC(=O)C=C4[C@H](CO)CC3C1CC[C@@H]2N. The average Bonchev–Trinajstić information content (AvgIpc) is 2.82. The van der Waals surface area contributed by atoms with Crippen molar-refractivity contribution >= 4 is 5.78 Å². The van der Waals surface area contributed by atoms with E-state index in [1.54, 1.807) is 0 Å². The molecule has 3 fully saturated rings. The van der Waals surface area contributed by atoms with Crippen LogP contribution in [-0.4, -0.2) is 23.5 Å². The maximum atomic E-state index is 11.8. The number of fused-ring (bicyclic) bond motifs is 5. The summed E-state index contributed by atoms with van der Waals surface area (Å²) in [6.45, 7) is 2.61. The quantitative estimate of drug-likeness (QED) is 0.783. The topological polar surface area (TPSA) is 63.3 Å². The summed E-state index contributed by atoms with van der Waals surface area (Å²) in [4.78, 5) is 11.8. The normalized spacial score (nSPS) is 50.9. The van der Waals surface area contributed by atoms with Crippen molar-refractivity contribution in [1.29, 1.82) is 0 Å². The number of hydrogen-bond acceptors (Lipinski definition) is 3. The van der Waals surface area contributed by atoms with Crippen molar-refractivity contribution in [3.8, 4) is 0 Å². The summed E-state index contributed by atoms with van der Waals surface area (Å²) < 4.78 is 0. The highest BCUT2D eigenvalue weighted by Crippen LogP contribution is 2.62. The van der Waals surface area contributed by atoms with E-state index in [-0.39, 0.29) is 18.3 Å². The second-order valence-corrected chi connectivity index (χ2v) is 8.53. The van der Waals surface area contributed by atoms with E-state index in [0.717, 1.165) is 24.7 Å².